The predicted molar refractivity (Wildman–Crippen MR) is 51.7 cm³/mol. The summed E-state index contributed by atoms with van der Waals surface area (Å²) in [6.07, 6.45) is 1.33. The van der Waals surface area contributed by atoms with E-state index in [1.54, 1.807) is 0 Å². The van der Waals surface area contributed by atoms with Crippen LogP contribution in [0.5, 0.6) is 0 Å². The van der Waals surface area contributed by atoms with Crippen LogP contribution in [0.3, 0.4) is 0 Å². The second kappa shape index (κ2) is 7.35. The van der Waals surface area contributed by atoms with Crippen LogP contribution in [0.1, 0.15) is 40.0 Å². The van der Waals surface area contributed by atoms with Crippen LogP contribution < -0.4 is 0 Å². The van der Waals surface area contributed by atoms with Crippen molar-refractivity contribution in [3.05, 3.63) is 0 Å². The number of esters is 2. The van der Waals surface area contributed by atoms with E-state index in [1.165, 1.54) is 6.92 Å². The van der Waals surface area contributed by atoms with E-state index >= 15 is 0 Å². The van der Waals surface area contributed by atoms with Gasteiger partial charge in [0, 0.05) is 6.92 Å². The van der Waals surface area contributed by atoms with Gasteiger partial charge in [0.2, 0.25) is 0 Å². The van der Waals surface area contributed by atoms with Crippen LogP contribution in [0.2, 0.25) is 0 Å². The van der Waals surface area contributed by atoms with E-state index in [-0.39, 0.29) is 0 Å². The smallest absolute Gasteiger partial charge is 0.347 e. The third kappa shape index (κ3) is 5.56. The third-order valence-corrected chi connectivity index (χ3v) is 1.57. The lowest BCUT2D eigenvalue weighted by molar-refractivity contribution is -0.167. The SMILES string of the molecule is CCCOC(=O)C(CCC)OC(C)=O. The van der Waals surface area contributed by atoms with Gasteiger partial charge in [-0.15, -0.1) is 0 Å². The maximum atomic E-state index is 11.3. The molecule has 1 unspecified atom stereocenters. The Morgan fingerprint density at radius 1 is 1.21 bits per heavy atom. The number of carbonyl (C=O) groups is 2. The van der Waals surface area contributed by atoms with Gasteiger partial charge in [-0.1, -0.05) is 20.3 Å². The molecule has 1 atom stereocenters. The first-order chi connectivity index (χ1) is 6.61. The molecule has 0 fully saturated rings. The van der Waals surface area contributed by atoms with Crippen LogP contribution >= 0.6 is 0 Å². The van der Waals surface area contributed by atoms with Gasteiger partial charge in [0.05, 0.1) is 6.61 Å². The first-order valence-corrected chi connectivity index (χ1v) is 4.95. The summed E-state index contributed by atoms with van der Waals surface area (Å²) in [5, 5.41) is 0. The molecule has 0 heterocycles. The van der Waals surface area contributed by atoms with Gasteiger partial charge in [-0.2, -0.15) is 0 Å². The second-order valence-corrected chi connectivity index (χ2v) is 3.05. The van der Waals surface area contributed by atoms with Crippen LogP contribution in [0.25, 0.3) is 0 Å². The molecule has 0 spiro atoms. The van der Waals surface area contributed by atoms with Gasteiger partial charge in [-0.25, -0.2) is 4.79 Å². The molecule has 0 aliphatic rings. The van der Waals surface area contributed by atoms with Crippen molar-refractivity contribution in [3.63, 3.8) is 0 Å². The van der Waals surface area contributed by atoms with Crippen LogP contribution in [0.15, 0.2) is 0 Å². The number of carbonyl (C=O) groups excluding carboxylic acids is 2. The maximum absolute atomic E-state index is 11.3. The topological polar surface area (TPSA) is 52.6 Å². The zero-order valence-corrected chi connectivity index (χ0v) is 9.04. The summed E-state index contributed by atoms with van der Waals surface area (Å²) in [6, 6.07) is 0. The summed E-state index contributed by atoms with van der Waals surface area (Å²) in [7, 11) is 0. The van der Waals surface area contributed by atoms with Crippen LogP contribution in [0, 0.1) is 0 Å². The molecule has 0 aliphatic carbocycles. The van der Waals surface area contributed by atoms with E-state index in [0.29, 0.717) is 13.0 Å². The Hall–Kier alpha value is -1.06. The zero-order valence-electron chi connectivity index (χ0n) is 9.04. The van der Waals surface area contributed by atoms with Gasteiger partial charge in [-0.05, 0) is 12.8 Å². The summed E-state index contributed by atoms with van der Waals surface area (Å²) in [6.45, 7) is 5.49. The van der Waals surface area contributed by atoms with Crippen LogP contribution in [0.4, 0.5) is 0 Å². The minimum atomic E-state index is -0.732. The van der Waals surface area contributed by atoms with Crippen molar-refractivity contribution in [3.8, 4) is 0 Å². The summed E-state index contributed by atoms with van der Waals surface area (Å²) in [5.41, 5.74) is 0. The van der Waals surface area contributed by atoms with Crippen LogP contribution in [-0.4, -0.2) is 24.6 Å². The lowest BCUT2D eigenvalue weighted by atomic mass is 10.2. The van der Waals surface area contributed by atoms with Crippen LogP contribution in [-0.2, 0) is 19.1 Å². The van der Waals surface area contributed by atoms with Crippen molar-refractivity contribution in [2.24, 2.45) is 0 Å². The summed E-state index contributed by atoms with van der Waals surface area (Å²) in [5.74, 6) is -0.888. The maximum Gasteiger partial charge on any atom is 0.347 e. The summed E-state index contributed by atoms with van der Waals surface area (Å²) >= 11 is 0. The van der Waals surface area contributed by atoms with Crippen molar-refractivity contribution in [1.82, 2.24) is 0 Å². The Labute approximate surface area is 84.6 Å². The summed E-state index contributed by atoms with van der Waals surface area (Å²) < 4.78 is 9.73. The van der Waals surface area contributed by atoms with E-state index in [9.17, 15) is 9.59 Å². The predicted octanol–water partition coefficient (Wildman–Crippen LogP) is 1.67. The molecule has 0 aliphatic heterocycles. The molecule has 0 saturated carbocycles. The molecule has 0 aromatic rings. The molecule has 4 heteroatoms. The highest BCUT2D eigenvalue weighted by Crippen LogP contribution is 2.05. The molecule has 4 nitrogen and oxygen atoms in total. The van der Waals surface area contributed by atoms with Gasteiger partial charge in [0.1, 0.15) is 0 Å². The molecule has 0 aromatic heterocycles. The molecule has 0 amide bonds. The largest absolute Gasteiger partial charge is 0.463 e. The molecule has 14 heavy (non-hydrogen) atoms. The van der Waals surface area contributed by atoms with Gasteiger partial charge in [0.25, 0.3) is 0 Å². The molecule has 0 N–H and O–H groups in total. The standard InChI is InChI=1S/C10H18O4/c1-4-6-9(14-8(3)11)10(12)13-7-5-2/h9H,4-7H2,1-3H3. The lowest BCUT2D eigenvalue weighted by Gasteiger charge is -2.14. The van der Waals surface area contributed by atoms with Gasteiger partial charge in [0.15, 0.2) is 6.10 Å². The van der Waals surface area contributed by atoms with Crippen molar-refractivity contribution in [1.29, 1.82) is 0 Å². The van der Waals surface area contributed by atoms with Crippen molar-refractivity contribution >= 4 is 11.9 Å². The molecule has 82 valence electrons. The molecular weight excluding hydrogens is 184 g/mol. The molecule has 0 radical (unpaired) electrons. The van der Waals surface area contributed by atoms with E-state index < -0.39 is 18.0 Å². The number of hydrogen-bond donors (Lipinski definition) is 0. The average Bonchev–Trinajstić information content (AvgIpc) is 2.13. The van der Waals surface area contributed by atoms with E-state index in [1.807, 2.05) is 13.8 Å². The fourth-order valence-corrected chi connectivity index (χ4v) is 0.983. The highest BCUT2D eigenvalue weighted by molar-refractivity contribution is 5.78. The Morgan fingerprint density at radius 2 is 1.86 bits per heavy atom. The van der Waals surface area contributed by atoms with Crippen molar-refractivity contribution in [2.45, 2.75) is 46.1 Å². The second-order valence-electron chi connectivity index (χ2n) is 3.05. The minimum absolute atomic E-state index is 0.375. The Bertz CT molecular complexity index is 189. The molecule has 0 bridgehead atoms. The molecule has 0 saturated heterocycles. The van der Waals surface area contributed by atoms with E-state index in [2.05, 4.69) is 0 Å². The van der Waals surface area contributed by atoms with Gasteiger partial charge in [-0.3, -0.25) is 4.79 Å². The highest BCUT2D eigenvalue weighted by Gasteiger charge is 2.21. The van der Waals surface area contributed by atoms with Crippen molar-refractivity contribution < 1.29 is 19.1 Å². The van der Waals surface area contributed by atoms with Gasteiger partial charge < -0.3 is 9.47 Å². The van der Waals surface area contributed by atoms with E-state index in [4.69, 9.17) is 9.47 Å². The van der Waals surface area contributed by atoms with Gasteiger partial charge >= 0.3 is 11.9 Å². The third-order valence-electron chi connectivity index (χ3n) is 1.57. The first-order valence-electron chi connectivity index (χ1n) is 4.95. The fourth-order valence-electron chi connectivity index (χ4n) is 0.983. The number of rotatable bonds is 6. The monoisotopic (exact) mass is 202 g/mol. The Morgan fingerprint density at radius 3 is 2.29 bits per heavy atom. The summed E-state index contributed by atoms with van der Waals surface area (Å²) in [4.78, 5) is 22.0. The van der Waals surface area contributed by atoms with E-state index in [0.717, 1.165) is 12.8 Å². The minimum Gasteiger partial charge on any atom is -0.463 e. The molecule has 0 aromatic carbocycles. The van der Waals surface area contributed by atoms with Crippen molar-refractivity contribution in [2.75, 3.05) is 6.61 Å². The quantitative estimate of drug-likeness (QED) is 0.615. The zero-order chi connectivity index (χ0) is 11.0. The average molecular weight is 202 g/mol. The lowest BCUT2D eigenvalue weighted by Crippen LogP contribution is -2.28. The first kappa shape index (κ1) is 12.9. The number of ether oxygens (including phenoxy) is 2. The fraction of sp³-hybridized carbons (Fsp3) is 0.800. The molecular formula is C10H18O4. The normalized spacial score (nSPS) is 11.9. The highest BCUT2D eigenvalue weighted by atomic mass is 16.6. The molecule has 0 rings (SSSR count). The Balaban J connectivity index is 4.03. The Kier molecular flexibility index (Phi) is 6.80. The number of hydrogen-bond acceptors (Lipinski definition) is 4.